The minimum atomic E-state index is -0.314. The molecule has 1 heterocycles. The van der Waals surface area contributed by atoms with Crippen LogP contribution in [0.4, 0.5) is 4.39 Å². The van der Waals surface area contributed by atoms with Crippen LogP contribution in [0, 0.1) is 17.7 Å². The van der Waals surface area contributed by atoms with E-state index in [2.05, 4.69) is 22.0 Å². The molecule has 1 aromatic heterocycles. The summed E-state index contributed by atoms with van der Waals surface area (Å²) < 4.78 is 17.9. The molecule has 0 unspecified atom stereocenters. The van der Waals surface area contributed by atoms with Gasteiger partial charge in [0.25, 0.3) is 5.89 Å². The molecular formula is C18H11FN2O2. The number of hydrogen-bond acceptors (Lipinski definition) is 4. The summed E-state index contributed by atoms with van der Waals surface area (Å²) in [4.78, 5) is 15.2. The van der Waals surface area contributed by atoms with Crippen LogP contribution in [0.2, 0.25) is 0 Å². The van der Waals surface area contributed by atoms with Crippen LogP contribution in [0.25, 0.3) is 11.4 Å². The zero-order valence-corrected chi connectivity index (χ0v) is 12.2. The predicted molar refractivity (Wildman–Crippen MR) is 82.1 cm³/mol. The molecule has 4 nitrogen and oxygen atoms in total. The molecule has 0 saturated carbocycles. The first kappa shape index (κ1) is 14.7. The molecule has 112 valence electrons. The monoisotopic (exact) mass is 306 g/mol. The van der Waals surface area contributed by atoms with Gasteiger partial charge in [-0.2, -0.15) is 4.98 Å². The number of carbonyl (C=O) groups is 1. The average Bonchev–Trinajstić information content (AvgIpc) is 3.04. The van der Waals surface area contributed by atoms with E-state index in [1.165, 1.54) is 19.1 Å². The molecule has 0 aliphatic carbocycles. The van der Waals surface area contributed by atoms with Gasteiger partial charge in [-0.05, 0) is 42.5 Å². The van der Waals surface area contributed by atoms with Gasteiger partial charge < -0.3 is 4.52 Å². The lowest BCUT2D eigenvalue weighted by atomic mass is 10.1. The van der Waals surface area contributed by atoms with E-state index >= 15 is 0 Å². The third-order valence-corrected chi connectivity index (χ3v) is 3.05. The van der Waals surface area contributed by atoms with Crippen LogP contribution >= 0.6 is 0 Å². The molecule has 2 aromatic carbocycles. The number of carbonyl (C=O) groups excluding carboxylic acids is 1. The van der Waals surface area contributed by atoms with Crippen molar-refractivity contribution in [1.82, 2.24) is 10.1 Å². The van der Waals surface area contributed by atoms with Crippen LogP contribution in [-0.2, 0) is 0 Å². The predicted octanol–water partition coefficient (Wildman–Crippen LogP) is 3.48. The maximum Gasteiger partial charge on any atom is 0.294 e. The van der Waals surface area contributed by atoms with Crippen LogP contribution in [0.1, 0.15) is 28.7 Å². The fourth-order valence-electron chi connectivity index (χ4n) is 1.90. The smallest absolute Gasteiger partial charge is 0.294 e. The Morgan fingerprint density at radius 2 is 1.83 bits per heavy atom. The van der Waals surface area contributed by atoms with Crippen molar-refractivity contribution >= 4 is 5.78 Å². The number of benzene rings is 2. The highest BCUT2D eigenvalue weighted by Crippen LogP contribution is 2.16. The van der Waals surface area contributed by atoms with Crippen molar-refractivity contribution < 1.29 is 13.7 Å². The van der Waals surface area contributed by atoms with Crippen LogP contribution in [0.5, 0.6) is 0 Å². The minimum Gasteiger partial charge on any atom is -0.330 e. The molecule has 0 N–H and O–H groups in total. The first-order valence-corrected chi connectivity index (χ1v) is 6.84. The summed E-state index contributed by atoms with van der Waals surface area (Å²) in [7, 11) is 0. The van der Waals surface area contributed by atoms with Gasteiger partial charge in [0.2, 0.25) is 11.6 Å². The molecule has 3 rings (SSSR count). The summed E-state index contributed by atoms with van der Waals surface area (Å²) in [5, 5.41) is 3.76. The van der Waals surface area contributed by atoms with Gasteiger partial charge in [-0.15, -0.1) is 0 Å². The Hall–Kier alpha value is -3.26. The number of aromatic nitrogens is 2. The van der Waals surface area contributed by atoms with Gasteiger partial charge in [0, 0.05) is 23.6 Å². The van der Waals surface area contributed by atoms with E-state index in [0.29, 0.717) is 11.4 Å². The Kier molecular flexibility index (Phi) is 3.98. The van der Waals surface area contributed by atoms with Crippen molar-refractivity contribution in [1.29, 1.82) is 0 Å². The molecule has 0 amide bonds. The van der Waals surface area contributed by atoms with E-state index in [1.807, 2.05) is 0 Å². The number of rotatable bonds is 2. The second-order valence-electron chi connectivity index (χ2n) is 4.82. The first-order chi connectivity index (χ1) is 11.1. The summed E-state index contributed by atoms with van der Waals surface area (Å²) in [6.45, 7) is 1.36. The average molecular weight is 306 g/mol. The minimum absolute atomic E-state index is 0.0185. The highest BCUT2D eigenvalue weighted by molar-refractivity contribution is 5.89. The number of nitrogens with zero attached hydrogens (tertiary/aromatic N) is 2. The second-order valence-corrected chi connectivity index (χ2v) is 4.82. The summed E-state index contributed by atoms with van der Waals surface area (Å²) in [5.41, 5.74) is 2.10. The SMILES string of the molecule is CC(=O)c1nc(-c2ccc(C#Cc3cccc(F)c3)cc2)no1. The van der Waals surface area contributed by atoms with Gasteiger partial charge in [0.05, 0.1) is 0 Å². The van der Waals surface area contributed by atoms with Gasteiger partial charge >= 0.3 is 0 Å². The van der Waals surface area contributed by atoms with E-state index in [9.17, 15) is 9.18 Å². The van der Waals surface area contributed by atoms with Gasteiger partial charge in [-0.25, -0.2) is 4.39 Å². The zero-order valence-electron chi connectivity index (χ0n) is 12.2. The summed E-state index contributed by atoms with van der Waals surface area (Å²) in [6, 6.07) is 13.3. The third kappa shape index (κ3) is 3.50. The topological polar surface area (TPSA) is 56.0 Å². The van der Waals surface area contributed by atoms with Crippen molar-refractivity contribution in [3.8, 4) is 23.2 Å². The molecule has 0 atom stereocenters. The Morgan fingerprint density at radius 1 is 1.09 bits per heavy atom. The van der Waals surface area contributed by atoms with E-state index in [-0.39, 0.29) is 17.5 Å². The molecule has 0 spiro atoms. The van der Waals surface area contributed by atoms with Crippen LogP contribution in [0.3, 0.4) is 0 Å². The Labute approximate surface area is 132 Å². The molecule has 0 aliphatic heterocycles. The zero-order chi connectivity index (χ0) is 16.2. The molecule has 5 heteroatoms. The highest BCUT2D eigenvalue weighted by atomic mass is 19.1. The molecule has 0 saturated heterocycles. The quantitative estimate of drug-likeness (QED) is 0.537. The first-order valence-electron chi connectivity index (χ1n) is 6.84. The number of ketones is 1. The van der Waals surface area contributed by atoms with Crippen LogP contribution in [0.15, 0.2) is 53.1 Å². The Bertz CT molecular complexity index is 918. The largest absolute Gasteiger partial charge is 0.330 e. The molecule has 0 radical (unpaired) electrons. The van der Waals surface area contributed by atoms with Gasteiger partial charge in [-0.1, -0.05) is 23.1 Å². The number of Topliss-reactive ketones (excluding diaryl/α,β-unsaturated/α-hetero) is 1. The van der Waals surface area contributed by atoms with Crippen molar-refractivity contribution in [2.24, 2.45) is 0 Å². The molecule has 23 heavy (non-hydrogen) atoms. The van der Waals surface area contributed by atoms with Crippen molar-refractivity contribution in [3.63, 3.8) is 0 Å². The number of hydrogen-bond donors (Lipinski definition) is 0. The van der Waals surface area contributed by atoms with E-state index < -0.39 is 0 Å². The lowest BCUT2D eigenvalue weighted by molar-refractivity contribution is 0.0972. The highest BCUT2D eigenvalue weighted by Gasteiger charge is 2.11. The molecular weight excluding hydrogens is 295 g/mol. The fraction of sp³-hybridized carbons (Fsp3) is 0.0556. The summed E-state index contributed by atoms with van der Waals surface area (Å²) in [6.07, 6.45) is 0. The second kappa shape index (κ2) is 6.24. The standard InChI is InChI=1S/C18H11FN2O2/c1-12(22)18-20-17(21-23-18)15-9-7-13(8-10-15)5-6-14-3-2-4-16(19)11-14/h2-4,7-11H,1H3. The van der Waals surface area contributed by atoms with E-state index in [1.54, 1.807) is 36.4 Å². The van der Waals surface area contributed by atoms with Crippen molar-refractivity contribution in [2.75, 3.05) is 0 Å². The van der Waals surface area contributed by atoms with Crippen molar-refractivity contribution in [3.05, 3.63) is 71.4 Å². The van der Waals surface area contributed by atoms with E-state index in [0.717, 1.165) is 11.1 Å². The number of halogens is 1. The Balaban J connectivity index is 1.81. The molecule has 0 fully saturated rings. The van der Waals surface area contributed by atoms with Crippen molar-refractivity contribution in [2.45, 2.75) is 6.92 Å². The van der Waals surface area contributed by atoms with Gasteiger partial charge in [0.15, 0.2) is 0 Å². The summed E-state index contributed by atoms with van der Waals surface area (Å²) in [5.74, 6) is 5.59. The maximum atomic E-state index is 13.1. The van der Waals surface area contributed by atoms with E-state index in [4.69, 9.17) is 4.52 Å². The lowest BCUT2D eigenvalue weighted by Gasteiger charge is -1.95. The van der Waals surface area contributed by atoms with Crippen LogP contribution in [-0.4, -0.2) is 15.9 Å². The lowest BCUT2D eigenvalue weighted by Crippen LogP contribution is -1.91. The summed E-state index contributed by atoms with van der Waals surface area (Å²) >= 11 is 0. The van der Waals surface area contributed by atoms with Gasteiger partial charge in [0.1, 0.15) is 5.82 Å². The third-order valence-electron chi connectivity index (χ3n) is 3.05. The normalized spacial score (nSPS) is 10.0. The maximum absolute atomic E-state index is 13.1. The van der Waals surface area contributed by atoms with Crippen LogP contribution < -0.4 is 0 Å². The molecule has 0 bridgehead atoms. The Morgan fingerprint density at radius 3 is 2.48 bits per heavy atom. The molecule has 0 aliphatic rings. The fourth-order valence-corrected chi connectivity index (χ4v) is 1.90. The van der Waals surface area contributed by atoms with Gasteiger partial charge in [-0.3, -0.25) is 4.79 Å². The molecule has 3 aromatic rings.